The normalized spacial score (nSPS) is 10.3. The molecule has 5 heteroatoms. The number of halogens is 3. The molecule has 1 amide bonds. The van der Waals surface area contributed by atoms with E-state index in [0.717, 1.165) is 0 Å². The maximum Gasteiger partial charge on any atom is 0.472 e. The quantitative estimate of drug-likeness (QED) is 0.468. The number of amides is 1. The van der Waals surface area contributed by atoms with Gasteiger partial charge in [0.25, 0.3) is 0 Å². The predicted octanol–water partition coefficient (Wildman–Crippen LogP) is 2.96. The molecule has 0 fully saturated rings. The standard InChI is InChI=1S/C14H12F3NO/c1-2-3-10-18(13(19)14(15,16)17)11-9-12-7-5-4-6-8-12/h2,4-8H,1,3,10H2. The number of hydrogen-bond donors (Lipinski definition) is 0. The average molecular weight is 267 g/mol. The smallest absolute Gasteiger partial charge is 0.263 e. The molecule has 0 saturated carbocycles. The zero-order valence-corrected chi connectivity index (χ0v) is 10.1. The summed E-state index contributed by atoms with van der Waals surface area (Å²) in [5, 5.41) is 0. The van der Waals surface area contributed by atoms with Crippen molar-refractivity contribution in [3.05, 3.63) is 48.6 Å². The summed E-state index contributed by atoms with van der Waals surface area (Å²) in [7, 11) is 0. The molecular formula is C14H12F3NO. The maximum atomic E-state index is 12.4. The topological polar surface area (TPSA) is 20.3 Å². The SMILES string of the molecule is C=CCCN(C#Cc1ccccc1)C(=O)C(F)(F)F. The zero-order valence-electron chi connectivity index (χ0n) is 10.1. The van der Waals surface area contributed by atoms with Crippen LogP contribution in [0.5, 0.6) is 0 Å². The Labute approximate surface area is 109 Å². The molecule has 1 aromatic rings. The Morgan fingerprint density at radius 2 is 1.95 bits per heavy atom. The first kappa shape index (κ1) is 14.8. The van der Waals surface area contributed by atoms with E-state index in [9.17, 15) is 18.0 Å². The van der Waals surface area contributed by atoms with Gasteiger partial charge in [-0.05, 0) is 24.5 Å². The Bertz CT molecular complexity index is 497. The van der Waals surface area contributed by atoms with Crippen LogP contribution < -0.4 is 0 Å². The Morgan fingerprint density at radius 3 is 2.47 bits per heavy atom. The lowest BCUT2D eigenvalue weighted by Gasteiger charge is -2.16. The van der Waals surface area contributed by atoms with Gasteiger partial charge >= 0.3 is 12.1 Å². The zero-order chi connectivity index (χ0) is 14.3. The van der Waals surface area contributed by atoms with Gasteiger partial charge in [-0.25, -0.2) is 0 Å². The van der Waals surface area contributed by atoms with Crippen LogP contribution in [0.1, 0.15) is 12.0 Å². The third kappa shape index (κ3) is 4.88. The van der Waals surface area contributed by atoms with Gasteiger partial charge in [-0.1, -0.05) is 24.3 Å². The van der Waals surface area contributed by atoms with E-state index in [2.05, 4.69) is 18.5 Å². The van der Waals surface area contributed by atoms with Crippen molar-refractivity contribution in [1.29, 1.82) is 0 Å². The molecule has 0 N–H and O–H groups in total. The van der Waals surface area contributed by atoms with Gasteiger partial charge in [0.1, 0.15) is 0 Å². The van der Waals surface area contributed by atoms with Gasteiger partial charge < -0.3 is 0 Å². The van der Waals surface area contributed by atoms with Crippen molar-refractivity contribution in [2.75, 3.05) is 6.54 Å². The van der Waals surface area contributed by atoms with E-state index in [1.54, 1.807) is 30.3 Å². The Kier molecular flexibility index (Phi) is 5.19. The number of carbonyl (C=O) groups is 1. The largest absolute Gasteiger partial charge is 0.472 e. The van der Waals surface area contributed by atoms with E-state index in [4.69, 9.17) is 0 Å². The van der Waals surface area contributed by atoms with Crippen LogP contribution in [0, 0.1) is 12.0 Å². The van der Waals surface area contributed by atoms with E-state index < -0.39 is 12.1 Å². The summed E-state index contributed by atoms with van der Waals surface area (Å²) in [5.41, 5.74) is 0.543. The molecule has 2 nitrogen and oxygen atoms in total. The number of hydrogen-bond acceptors (Lipinski definition) is 1. The van der Waals surface area contributed by atoms with Crippen molar-refractivity contribution in [3.8, 4) is 12.0 Å². The molecule has 0 aliphatic heterocycles. The fourth-order valence-corrected chi connectivity index (χ4v) is 1.24. The van der Waals surface area contributed by atoms with Gasteiger partial charge in [0.15, 0.2) is 0 Å². The summed E-state index contributed by atoms with van der Waals surface area (Å²) in [5.74, 6) is 0.567. The van der Waals surface area contributed by atoms with Crippen LogP contribution >= 0.6 is 0 Å². The minimum atomic E-state index is -4.92. The van der Waals surface area contributed by atoms with Crippen molar-refractivity contribution in [1.82, 2.24) is 4.90 Å². The summed E-state index contributed by atoms with van der Waals surface area (Å²) in [4.78, 5) is 11.6. The molecule has 0 atom stereocenters. The third-order valence-corrected chi connectivity index (χ3v) is 2.15. The minimum Gasteiger partial charge on any atom is -0.263 e. The summed E-state index contributed by atoms with van der Waals surface area (Å²) < 4.78 is 37.1. The molecule has 1 aromatic carbocycles. The first-order chi connectivity index (χ1) is 8.95. The number of carbonyl (C=O) groups excluding carboxylic acids is 1. The molecule has 19 heavy (non-hydrogen) atoms. The van der Waals surface area contributed by atoms with Crippen LogP contribution in [0.3, 0.4) is 0 Å². The predicted molar refractivity (Wildman–Crippen MR) is 65.9 cm³/mol. The second kappa shape index (κ2) is 6.64. The Balaban J connectivity index is 2.90. The molecule has 0 aromatic heterocycles. The molecule has 0 radical (unpaired) electrons. The van der Waals surface area contributed by atoms with Crippen LogP contribution in [0.2, 0.25) is 0 Å². The summed E-state index contributed by atoms with van der Waals surface area (Å²) in [6.07, 6.45) is -3.25. The number of alkyl halides is 3. The molecule has 0 saturated heterocycles. The lowest BCUT2D eigenvalue weighted by atomic mass is 10.2. The Morgan fingerprint density at radius 1 is 1.32 bits per heavy atom. The highest BCUT2D eigenvalue weighted by atomic mass is 19.4. The van der Waals surface area contributed by atoms with Gasteiger partial charge in [-0.15, -0.1) is 6.58 Å². The van der Waals surface area contributed by atoms with Crippen LogP contribution in [-0.4, -0.2) is 23.5 Å². The van der Waals surface area contributed by atoms with Gasteiger partial charge in [0.05, 0.1) is 0 Å². The van der Waals surface area contributed by atoms with Crippen LogP contribution in [-0.2, 0) is 4.79 Å². The van der Waals surface area contributed by atoms with Crippen molar-refractivity contribution >= 4 is 5.91 Å². The van der Waals surface area contributed by atoms with E-state index in [1.165, 1.54) is 6.08 Å². The van der Waals surface area contributed by atoms with E-state index in [0.29, 0.717) is 10.5 Å². The Hall–Kier alpha value is -2.22. The maximum absolute atomic E-state index is 12.4. The van der Waals surface area contributed by atoms with Crippen LogP contribution in [0.4, 0.5) is 13.2 Å². The number of rotatable bonds is 3. The molecule has 0 aliphatic carbocycles. The third-order valence-electron chi connectivity index (χ3n) is 2.15. The average Bonchev–Trinajstić information content (AvgIpc) is 2.38. The highest BCUT2D eigenvalue weighted by Gasteiger charge is 2.42. The monoisotopic (exact) mass is 267 g/mol. The van der Waals surface area contributed by atoms with Crippen molar-refractivity contribution in [2.45, 2.75) is 12.6 Å². The fraction of sp³-hybridized carbons (Fsp3) is 0.214. The molecule has 0 aliphatic rings. The highest BCUT2D eigenvalue weighted by molar-refractivity contribution is 5.83. The molecule has 0 spiro atoms. The first-order valence-corrected chi connectivity index (χ1v) is 5.51. The molecule has 0 unspecified atom stereocenters. The van der Waals surface area contributed by atoms with Crippen molar-refractivity contribution in [3.63, 3.8) is 0 Å². The fourth-order valence-electron chi connectivity index (χ4n) is 1.24. The molecule has 100 valence electrons. The summed E-state index contributed by atoms with van der Waals surface area (Å²) in [6.45, 7) is 3.27. The second-order valence-electron chi connectivity index (χ2n) is 3.63. The van der Waals surface area contributed by atoms with Crippen molar-refractivity contribution < 1.29 is 18.0 Å². The summed E-state index contributed by atoms with van der Waals surface area (Å²) >= 11 is 0. The van der Waals surface area contributed by atoms with Crippen molar-refractivity contribution in [2.24, 2.45) is 0 Å². The van der Waals surface area contributed by atoms with Crippen LogP contribution in [0.25, 0.3) is 0 Å². The van der Waals surface area contributed by atoms with E-state index in [1.807, 2.05) is 0 Å². The highest BCUT2D eigenvalue weighted by Crippen LogP contribution is 2.18. The summed E-state index contributed by atoms with van der Waals surface area (Å²) in [6, 6.07) is 10.7. The number of nitrogens with zero attached hydrogens (tertiary/aromatic N) is 1. The molecule has 0 heterocycles. The lowest BCUT2D eigenvalue weighted by molar-refractivity contribution is -0.181. The lowest BCUT2D eigenvalue weighted by Crippen LogP contribution is -2.38. The van der Waals surface area contributed by atoms with Gasteiger partial charge in [0.2, 0.25) is 0 Å². The van der Waals surface area contributed by atoms with Crippen LogP contribution in [0.15, 0.2) is 43.0 Å². The number of benzene rings is 1. The van der Waals surface area contributed by atoms with E-state index >= 15 is 0 Å². The second-order valence-corrected chi connectivity index (χ2v) is 3.63. The minimum absolute atomic E-state index is 0.137. The van der Waals surface area contributed by atoms with Gasteiger partial charge in [-0.2, -0.15) is 13.2 Å². The molecular weight excluding hydrogens is 255 g/mol. The molecule has 1 rings (SSSR count). The molecule has 0 bridgehead atoms. The first-order valence-electron chi connectivity index (χ1n) is 5.51. The van der Waals surface area contributed by atoms with Gasteiger partial charge in [-0.3, -0.25) is 9.69 Å². The van der Waals surface area contributed by atoms with Gasteiger partial charge in [0, 0.05) is 18.2 Å². The van der Waals surface area contributed by atoms with E-state index in [-0.39, 0.29) is 13.0 Å².